The highest BCUT2D eigenvalue weighted by atomic mass is 35.5. The summed E-state index contributed by atoms with van der Waals surface area (Å²) in [7, 11) is 0. The van der Waals surface area contributed by atoms with Crippen LogP contribution in [0.1, 0.15) is 25.5 Å². The van der Waals surface area contributed by atoms with Gasteiger partial charge < -0.3 is 10.1 Å². The zero-order valence-corrected chi connectivity index (χ0v) is 14.1. The minimum Gasteiger partial charge on any atom is -0.465 e. The second kappa shape index (κ2) is 9.18. The summed E-state index contributed by atoms with van der Waals surface area (Å²) in [5.41, 5.74) is 0.796. The average Bonchev–Trinajstić information content (AvgIpc) is 2.38. The molecule has 0 spiro atoms. The van der Waals surface area contributed by atoms with Gasteiger partial charge in [-0.1, -0.05) is 29.3 Å². The van der Waals surface area contributed by atoms with Gasteiger partial charge >= 0.3 is 5.97 Å². The van der Waals surface area contributed by atoms with Crippen LogP contribution in [0.25, 0.3) is 0 Å². The highest BCUT2D eigenvalue weighted by molar-refractivity contribution is 8.00. The third-order valence-corrected chi connectivity index (χ3v) is 4.03. The Morgan fingerprint density at radius 2 is 2.05 bits per heavy atom. The molecule has 0 aliphatic heterocycles. The fourth-order valence-electron chi connectivity index (χ4n) is 1.64. The quantitative estimate of drug-likeness (QED) is 0.765. The molecule has 4 nitrogen and oxygen atoms in total. The number of carbonyl (C=O) groups is 2. The van der Waals surface area contributed by atoms with Crippen molar-refractivity contribution in [1.82, 2.24) is 5.32 Å². The molecule has 0 saturated heterocycles. The first-order valence-corrected chi connectivity index (χ1v) is 8.32. The maximum absolute atomic E-state index is 11.8. The van der Waals surface area contributed by atoms with E-state index in [9.17, 15) is 9.59 Å². The largest absolute Gasteiger partial charge is 0.465 e. The number of thioether (sulfide) groups is 1. The zero-order chi connectivity index (χ0) is 15.8. The number of hydrogen-bond acceptors (Lipinski definition) is 4. The molecule has 116 valence electrons. The van der Waals surface area contributed by atoms with Gasteiger partial charge in [0.25, 0.3) is 0 Å². The lowest BCUT2D eigenvalue weighted by Gasteiger charge is -2.15. The number of ether oxygens (including phenoxy) is 1. The summed E-state index contributed by atoms with van der Waals surface area (Å²) in [6.45, 7) is 3.92. The molecular formula is C14H17Cl2NO3S. The number of rotatable bonds is 7. The summed E-state index contributed by atoms with van der Waals surface area (Å²) >= 11 is 13.1. The monoisotopic (exact) mass is 349 g/mol. The molecule has 0 saturated carbocycles. The molecule has 0 aromatic heterocycles. The SMILES string of the molecule is CCOC(=O)CSCC(=O)NC(C)c1ccc(Cl)cc1Cl. The lowest BCUT2D eigenvalue weighted by Crippen LogP contribution is -2.28. The predicted octanol–water partition coefficient (Wildman–Crippen LogP) is 3.47. The molecule has 0 aliphatic rings. The molecule has 1 atom stereocenters. The number of carbonyl (C=O) groups excluding carboxylic acids is 2. The molecule has 0 bridgehead atoms. The highest BCUT2D eigenvalue weighted by Crippen LogP contribution is 2.26. The summed E-state index contributed by atoms with van der Waals surface area (Å²) in [5.74, 6) is -0.127. The fraction of sp³-hybridized carbons (Fsp3) is 0.429. The van der Waals surface area contributed by atoms with Crippen LogP contribution in [0.3, 0.4) is 0 Å². The lowest BCUT2D eigenvalue weighted by atomic mass is 10.1. The Kier molecular flexibility index (Phi) is 7.93. The van der Waals surface area contributed by atoms with Crippen LogP contribution in [0, 0.1) is 0 Å². The van der Waals surface area contributed by atoms with E-state index in [1.165, 1.54) is 11.8 Å². The summed E-state index contributed by atoms with van der Waals surface area (Å²) in [4.78, 5) is 22.9. The Bertz CT molecular complexity index is 511. The molecule has 0 aliphatic carbocycles. The van der Waals surface area contributed by atoms with Gasteiger partial charge in [-0.15, -0.1) is 11.8 Å². The first-order chi connectivity index (χ1) is 9.93. The van der Waals surface area contributed by atoms with Gasteiger partial charge in [0.05, 0.1) is 24.2 Å². The predicted molar refractivity (Wildman–Crippen MR) is 87.0 cm³/mol. The van der Waals surface area contributed by atoms with Gasteiger partial charge in [0.1, 0.15) is 0 Å². The van der Waals surface area contributed by atoms with E-state index in [1.807, 2.05) is 6.92 Å². The molecule has 1 rings (SSSR count). The summed E-state index contributed by atoms with van der Waals surface area (Å²) in [6.07, 6.45) is 0. The summed E-state index contributed by atoms with van der Waals surface area (Å²) in [5, 5.41) is 3.88. The van der Waals surface area contributed by atoms with Crippen LogP contribution in [0.5, 0.6) is 0 Å². The van der Waals surface area contributed by atoms with E-state index in [2.05, 4.69) is 5.32 Å². The zero-order valence-electron chi connectivity index (χ0n) is 11.8. The van der Waals surface area contributed by atoms with Crippen molar-refractivity contribution in [2.45, 2.75) is 19.9 Å². The number of halogens is 2. The van der Waals surface area contributed by atoms with Crippen LogP contribution in [0.2, 0.25) is 10.0 Å². The van der Waals surface area contributed by atoms with E-state index in [0.717, 1.165) is 5.56 Å². The van der Waals surface area contributed by atoms with Gasteiger partial charge in [0.15, 0.2) is 0 Å². The number of amides is 1. The number of benzene rings is 1. The Balaban J connectivity index is 2.42. The van der Waals surface area contributed by atoms with Crippen LogP contribution >= 0.6 is 35.0 Å². The molecule has 1 N–H and O–H groups in total. The molecule has 1 amide bonds. The van der Waals surface area contributed by atoms with E-state index in [-0.39, 0.29) is 29.4 Å². The Labute approximate surface area is 138 Å². The van der Waals surface area contributed by atoms with Gasteiger partial charge in [0.2, 0.25) is 5.91 Å². The molecule has 0 radical (unpaired) electrons. The average molecular weight is 350 g/mol. The summed E-state index contributed by atoms with van der Waals surface area (Å²) < 4.78 is 4.78. The van der Waals surface area contributed by atoms with Gasteiger partial charge in [-0.05, 0) is 31.5 Å². The third-order valence-electron chi connectivity index (χ3n) is 2.56. The van der Waals surface area contributed by atoms with Crippen molar-refractivity contribution in [3.05, 3.63) is 33.8 Å². The van der Waals surface area contributed by atoms with Gasteiger partial charge in [-0.2, -0.15) is 0 Å². The van der Waals surface area contributed by atoms with E-state index in [0.29, 0.717) is 16.7 Å². The van der Waals surface area contributed by atoms with Crippen molar-refractivity contribution in [3.63, 3.8) is 0 Å². The fourth-order valence-corrected chi connectivity index (χ4v) is 2.84. The van der Waals surface area contributed by atoms with Crippen molar-refractivity contribution in [1.29, 1.82) is 0 Å². The topological polar surface area (TPSA) is 55.4 Å². The van der Waals surface area contributed by atoms with Crippen LogP contribution in [-0.4, -0.2) is 30.0 Å². The molecule has 1 aromatic rings. The molecule has 0 heterocycles. The van der Waals surface area contributed by atoms with E-state index in [4.69, 9.17) is 27.9 Å². The van der Waals surface area contributed by atoms with Crippen molar-refractivity contribution in [2.75, 3.05) is 18.1 Å². The van der Waals surface area contributed by atoms with Gasteiger partial charge in [-0.3, -0.25) is 9.59 Å². The normalized spacial score (nSPS) is 11.8. The van der Waals surface area contributed by atoms with Crippen LogP contribution < -0.4 is 5.32 Å². The molecule has 7 heteroatoms. The van der Waals surface area contributed by atoms with E-state index < -0.39 is 0 Å². The molecule has 1 aromatic carbocycles. The molecule has 1 unspecified atom stereocenters. The van der Waals surface area contributed by atoms with E-state index in [1.54, 1.807) is 25.1 Å². The smallest absolute Gasteiger partial charge is 0.315 e. The molecule has 21 heavy (non-hydrogen) atoms. The van der Waals surface area contributed by atoms with Crippen LogP contribution in [0.15, 0.2) is 18.2 Å². The first kappa shape index (κ1) is 18.1. The highest BCUT2D eigenvalue weighted by Gasteiger charge is 2.13. The minimum atomic E-state index is -0.316. The minimum absolute atomic E-state index is 0.164. The van der Waals surface area contributed by atoms with E-state index >= 15 is 0 Å². The Morgan fingerprint density at radius 1 is 1.33 bits per heavy atom. The third kappa shape index (κ3) is 6.59. The number of hydrogen-bond donors (Lipinski definition) is 1. The second-order valence-corrected chi connectivity index (χ2v) is 6.08. The standard InChI is InChI=1S/C14H17Cl2NO3S/c1-3-20-14(19)8-21-7-13(18)17-9(2)11-5-4-10(15)6-12(11)16/h4-6,9H,3,7-8H2,1-2H3,(H,17,18). The van der Waals surface area contributed by atoms with Crippen LogP contribution in [-0.2, 0) is 14.3 Å². The van der Waals surface area contributed by atoms with Crippen molar-refractivity contribution < 1.29 is 14.3 Å². The maximum atomic E-state index is 11.8. The van der Waals surface area contributed by atoms with Gasteiger partial charge in [0, 0.05) is 10.0 Å². The number of esters is 1. The Hall–Kier alpha value is -0.910. The maximum Gasteiger partial charge on any atom is 0.315 e. The Morgan fingerprint density at radius 3 is 2.67 bits per heavy atom. The van der Waals surface area contributed by atoms with Crippen molar-refractivity contribution in [2.24, 2.45) is 0 Å². The summed E-state index contributed by atoms with van der Waals surface area (Å²) in [6, 6.07) is 4.91. The molecule has 0 fully saturated rings. The first-order valence-electron chi connectivity index (χ1n) is 6.41. The van der Waals surface area contributed by atoms with Crippen molar-refractivity contribution in [3.8, 4) is 0 Å². The van der Waals surface area contributed by atoms with Crippen molar-refractivity contribution >= 4 is 46.8 Å². The van der Waals surface area contributed by atoms with Gasteiger partial charge in [-0.25, -0.2) is 0 Å². The lowest BCUT2D eigenvalue weighted by molar-refractivity contribution is -0.139. The second-order valence-electron chi connectivity index (χ2n) is 4.25. The number of nitrogens with one attached hydrogen (secondary N) is 1. The van der Waals surface area contributed by atoms with Crippen LogP contribution in [0.4, 0.5) is 0 Å². The molecular weight excluding hydrogens is 333 g/mol.